The summed E-state index contributed by atoms with van der Waals surface area (Å²) in [6, 6.07) is 7.16. The van der Waals surface area contributed by atoms with Crippen LogP contribution < -0.4 is 0 Å². The zero-order chi connectivity index (χ0) is 20.8. The maximum atomic E-state index is 12.4. The Labute approximate surface area is 184 Å². The van der Waals surface area contributed by atoms with Crippen molar-refractivity contribution in [1.29, 1.82) is 0 Å². The topological polar surface area (TPSA) is 38.7 Å². The third kappa shape index (κ3) is 2.34. The fraction of sp³-hybridized carbons (Fsp3) is 0.571. The first-order chi connectivity index (χ1) is 15.0. The molecular formula is C28H31NO2. The van der Waals surface area contributed by atoms with Crippen LogP contribution in [0.15, 0.2) is 46.5 Å². The molecule has 3 fully saturated rings. The van der Waals surface area contributed by atoms with E-state index in [1.54, 1.807) is 0 Å². The molecule has 2 bridgehead atoms. The van der Waals surface area contributed by atoms with Crippen molar-refractivity contribution in [2.24, 2.45) is 16.3 Å². The molecule has 1 aromatic carbocycles. The summed E-state index contributed by atoms with van der Waals surface area (Å²) in [5.74, 6) is 1.48. The molecule has 1 aromatic rings. The predicted octanol–water partition coefficient (Wildman–Crippen LogP) is 5.47. The minimum absolute atomic E-state index is 0.168. The number of benzene rings is 1. The lowest BCUT2D eigenvalue weighted by Crippen LogP contribution is -2.53. The molecule has 0 amide bonds. The monoisotopic (exact) mass is 413 g/mol. The maximum absolute atomic E-state index is 12.4. The quantitative estimate of drug-likeness (QED) is 0.612. The van der Waals surface area contributed by atoms with Crippen LogP contribution in [0.1, 0.15) is 80.9 Å². The van der Waals surface area contributed by atoms with Crippen LogP contribution in [-0.4, -0.2) is 29.7 Å². The predicted molar refractivity (Wildman–Crippen MR) is 122 cm³/mol. The molecular weight excluding hydrogens is 382 g/mol. The first-order valence-electron chi connectivity index (χ1n) is 12.3. The Morgan fingerprint density at radius 3 is 3.00 bits per heavy atom. The highest BCUT2D eigenvalue weighted by Crippen LogP contribution is 2.69. The summed E-state index contributed by atoms with van der Waals surface area (Å²) in [6.45, 7) is 3.44. The Balaban J connectivity index is 1.29. The van der Waals surface area contributed by atoms with E-state index in [2.05, 4.69) is 48.5 Å². The first kappa shape index (κ1) is 18.6. The van der Waals surface area contributed by atoms with Crippen molar-refractivity contribution in [3.8, 4) is 0 Å². The Morgan fingerprint density at radius 2 is 2.06 bits per heavy atom. The van der Waals surface area contributed by atoms with Gasteiger partial charge in [0, 0.05) is 25.6 Å². The van der Waals surface area contributed by atoms with Gasteiger partial charge >= 0.3 is 0 Å². The highest BCUT2D eigenvalue weighted by Gasteiger charge is 2.66. The van der Waals surface area contributed by atoms with Gasteiger partial charge < -0.3 is 4.74 Å². The number of aliphatic imine (C=N–C) groups is 1. The number of hydrogen-bond acceptors (Lipinski definition) is 3. The van der Waals surface area contributed by atoms with Gasteiger partial charge in [-0.3, -0.25) is 9.79 Å². The zero-order valence-electron chi connectivity index (χ0n) is 18.5. The third-order valence-electron chi connectivity index (χ3n) is 9.81. The zero-order valence-corrected chi connectivity index (χ0v) is 18.5. The van der Waals surface area contributed by atoms with Gasteiger partial charge in [0.2, 0.25) is 0 Å². The van der Waals surface area contributed by atoms with Gasteiger partial charge in [-0.05, 0) is 96.1 Å². The minimum atomic E-state index is -0.286. The molecule has 2 spiro atoms. The van der Waals surface area contributed by atoms with Crippen molar-refractivity contribution in [2.75, 3.05) is 6.54 Å². The third-order valence-corrected chi connectivity index (χ3v) is 9.81. The van der Waals surface area contributed by atoms with E-state index >= 15 is 0 Å². The molecule has 5 atom stereocenters. The van der Waals surface area contributed by atoms with E-state index in [1.807, 2.05) is 0 Å². The molecule has 3 nitrogen and oxygen atoms in total. The van der Waals surface area contributed by atoms with E-state index in [0.29, 0.717) is 30.5 Å². The Kier molecular flexibility index (Phi) is 3.63. The number of Topliss-reactive ketones (excluding diaryl/α,β-unsaturated/α-hetero) is 1. The number of carbonyl (C=O) groups excluding carboxylic acids is 1. The van der Waals surface area contributed by atoms with Crippen molar-refractivity contribution >= 4 is 12.0 Å². The average molecular weight is 414 g/mol. The number of nitrogens with zero attached hydrogens (tertiary/aromatic N) is 1. The number of ether oxygens (including phenoxy) is 1. The number of hydrogen-bond donors (Lipinski definition) is 0. The van der Waals surface area contributed by atoms with E-state index in [-0.39, 0.29) is 16.6 Å². The van der Waals surface area contributed by atoms with Gasteiger partial charge in [0.15, 0.2) is 0 Å². The molecule has 2 saturated carbocycles. The standard InChI is InChI=1S/C28H31NO2/c1-26-10-8-22-15-21-4-5-23(30)16-27(21)11-12-28(22,31-27)25(26)7-6-24(26)19-3-2-18-9-13-29-17-20(18)14-19/h2-3,8,14-15,17,24-25H,4-7,9-13,16H2,1H3/t24-,25-,26?,27-,28-/m1/s1. The van der Waals surface area contributed by atoms with Crippen molar-refractivity contribution in [2.45, 2.75) is 81.8 Å². The van der Waals surface area contributed by atoms with Crippen molar-refractivity contribution < 1.29 is 9.53 Å². The molecule has 3 aliphatic heterocycles. The molecule has 3 heteroatoms. The Bertz CT molecular complexity index is 1100. The number of fused-ring (bicyclic) bond motifs is 2. The maximum Gasteiger partial charge on any atom is 0.136 e. The fourth-order valence-corrected chi connectivity index (χ4v) is 8.30. The number of allylic oxidation sites excluding steroid dienone is 1. The van der Waals surface area contributed by atoms with E-state index in [4.69, 9.17) is 4.74 Å². The smallest absolute Gasteiger partial charge is 0.136 e. The Hall–Kier alpha value is -2.00. The van der Waals surface area contributed by atoms with Gasteiger partial charge in [-0.2, -0.15) is 0 Å². The van der Waals surface area contributed by atoms with Gasteiger partial charge in [-0.1, -0.05) is 31.2 Å². The molecule has 160 valence electrons. The number of carbonyl (C=O) groups is 1. The summed E-state index contributed by atoms with van der Waals surface area (Å²) >= 11 is 0. The highest BCUT2D eigenvalue weighted by atomic mass is 16.5. The van der Waals surface area contributed by atoms with Crippen LogP contribution >= 0.6 is 0 Å². The van der Waals surface area contributed by atoms with Gasteiger partial charge in [0.05, 0.1) is 11.2 Å². The van der Waals surface area contributed by atoms with Crippen LogP contribution in [0.25, 0.3) is 0 Å². The molecule has 0 N–H and O–H groups in total. The van der Waals surface area contributed by atoms with Crippen molar-refractivity contribution in [1.82, 2.24) is 0 Å². The molecule has 0 radical (unpaired) electrons. The van der Waals surface area contributed by atoms with E-state index in [0.717, 1.165) is 38.6 Å². The summed E-state index contributed by atoms with van der Waals surface area (Å²) in [6.07, 6.45) is 16.0. The summed E-state index contributed by atoms with van der Waals surface area (Å²) in [7, 11) is 0. The molecule has 1 saturated heterocycles. The first-order valence-corrected chi connectivity index (χ1v) is 12.3. The van der Waals surface area contributed by atoms with Crippen molar-refractivity contribution in [3.05, 3.63) is 58.2 Å². The lowest BCUT2D eigenvalue weighted by atomic mass is 9.58. The highest BCUT2D eigenvalue weighted by molar-refractivity contribution is 5.83. The molecule has 0 aromatic heterocycles. The van der Waals surface area contributed by atoms with E-state index in [1.165, 1.54) is 40.7 Å². The second-order valence-corrected chi connectivity index (χ2v) is 11.2. The minimum Gasteiger partial charge on any atom is -0.359 e. The number of rotatable bonds is 1. The van der Waals surface area contributed by atoms with Crippen LogP contribution in [0.5, 0.6) is 0 Å². The fourth-order valence-electron chi connectivity index (χ4n) is 8.30. The van der Waals surface area contributed by atoms with E-state index < -0.39 is 0 Å². The van der Waals surface area contributed by atoms with Crippen LogP contribution in [0.4, 0.5) is 0 Å². The molecule has 3 aliphatic carbocycles. The lowest BCUT2D eigenvalue weighted by Gasteiger charge is -2.53. The molecule has 3 heterocycles. The van der Waals surface area contributed by atoms with Crippen LogP contribution in [0.2, 0.25) is 0 Å². The van der Waals surface area contributed by atoms with Crippen LogP contribution in [0, 0.1) is 11.3 Å². The SMILES string of the molecule is CC12CC=C3C=C4CCC(=O)C[C@]45CC[C@]3(O5)[C@@H]1CC[C@@H]2c1ccc2c(c1)C=NCC2. The van der Waals surface area contributed by atoms with E-state index in [9.17, 15) is 4.79 Å². The van der Waals surface area contributed by atoms with Gasteiger partial charge in [-0.15, -0.1) is 0 Å². The van der Waals surface area contributed by atoms with Gasteiger partial charge in [0.1, 0.15) is 5.78 Å². The normalized spacial score (nSPS) is 42.3. The summed E-state index contributed by atoms with van der Waals surface area (Å²) in [5.41, 5.74) is 6.84. The Morgan fingerprint density at radius 1 is 1.13 bits per heavy atom. The second kappa shape index (κ2) is 6.07. The summed E-state index contributed by atoms with van der Waals surface area (Å²) in [4.78, 5) is 16.9. The van der Waals surface area contributed by atoms with Gasteiger partial charge in [-0.25, -0.2) is 0 Å². The summed E-state index contributed by atoms with van der Waals surface area (Å²) < 4.78 is 7.13. The second-order valence-electron chi connectivity index (χ2n) is 11.2. The van der Waals surface area contributed by atoms with Crippen molar-refractivity contribution in [3.63, 3.8) is 0 Å². The summed E-state index contributed by atoms with van der Waals surface area (Å²) in [5, 5.41) is 0. The van der Waals surface area contributed by atoms with Crippen LogP contribution in [0.3, 0.4) is 0 Å². The molecule has 7 rings (SSSR count). The van der Waals surface area contributed by atoms with Crippen LogP contribution in [-0.2, 0) is 16.0 Å². The number of ketones is 1. The molecule has 31 heavy (non-hydrogen) atoms. The largest absolute Gasteiger partial charge is 0.359 e. The lowest BCUT2D eigenvalue weighted by molar-refractivity contribution is -0.146. The average Bonchev–Trinajstić information content (AvgIpc) is 3.28. The van der Waals surface area contributed by atoms with Gasteiger partial charge in [0.25, 0.3) is 0 Å². The molecule has 6 aliphatic rings. The molecule has 1 unspecified atom stereocenters.